The van der Waals surface area contributed by atoms with E-state index in [1.54, 1.807) is 11.0 Å². The number of aliphatic hydroxyl groups is 1. The van der Waals surface area contributed by atoms with Crippen LogP contribution in [0.3, 0.4) is 0 Å². The number of rotatable bonds is 6. The van der Waals surface area contributed by atoms with Crippen LogP contribution in [0.2, 0.25) is 0 Å². The fourth-order valence-electron chi connectivity index (χ4n) is 6.27. The normalized spacial score (nSPS) is 28.7. The third-order valence-corrected chi connectivity index (χ3v) is 8.38. The Morgan fingerprint density at radius 2 is 2.03 bits per heavy atom. The zero-order valence-corrected chi connectivity index (χ0v) is 19.8. The van der Waals surface area contributed by atoms with Crippen molar-refractivity contribution in [3.05, 3.63) is 23.9 Å². The quantitative estimate of drug-likeness (QED) is 0.486. The van der Waals surface area contributed by atoms with Crippen molar-refractivity contribution in [2.24, 2.45) is 23.2 Å². The van der Waals surface area contributed by atoms with E-state index in [1.807, 2.05) is 12.1 Å². The summed E-state index contributed by atoms with van der Waals surface area (Å²) in [5, 5.41) is 16.5. The Balaban J connectivity index is 1.22. The molecule has 0 spiro atoms. The van der Waals surface area contributed by atoms with Crippen molar-refractivity contribution in [3.63, 3.8) is 0 Å². The van der Waals surface area contributed by atoms with Crippen molar-refractivity contribution < 1.29 is 29.0 Å². The number of hydrogen-bond acceptors (Lipinski definition) is 6. The number of benzene rings is 1. The molecule has 2 aromatic rings. The van der Waals surface area contributed by atoms with Crippen LogP contribution in [0.1, 0.15) is 37.2 Å². The molecule has 0 radical (unpaired) electrons. The molecule has 2 saturated heterocycles. The van der Waals surface area contributed by atoms with Crippen molar-refractivity contribution >= 4 is 28.6 Å². The number of H-pyrrole nitrogens is 1. The van der Waals surface area contributed by atoms with Gasteiger partial charge in [-0.1, -0.05) is 13.8 Å². The zero-order chi connectivity index (χ0) is 24.5. The van der Waals surface area contributed by atoms with Gasteiger partial charge in [-0.3, -0.25) is 14.4 Å². The minimum absolute atomic E-state index is 0.0330. The highest BCUT2D eigenvalue weighted by molar-refractivity contribution is 6.01. The average molecular weight is 483 g/mol. The SMILES string of the molecule is CC1(C)[C@@H]2[C@@H](C(=O)N[C@H](CO)C[C@@H]3CCNC3=O)N(C(=O)c3cc4cc5c(cc4[nH]3)OCO5)C[C@@H]21. The Hall–Kier alpha value is -3.27. The molecule has 3 amide bonds. The first-order chi connectivity index (χ1) is 16.8. The van der Waals surface area contributed by atoms with Gasteiger partial charge in [-0.2, -0.15) is 0 Å². The number of amides is 3. The van der Waals surface area contributed by atoms with E-state index in [0.717, 1.165) is 10.9 Å². The highest BCUT2D eigenvalue weighted by Crippen LogP contribution is 2.65. The van der Waals surface area contributed by atoms with Crippen molar-refractivity contribution in [1.82, 2.24) is 20.5 Å². The lowest BCUT2D eigenvalue weighted by atomic mass is 9.97. The molecular weight excluding hydrogens is 452 g/mol. The first-order valence-corrected chi connectivity index (χ1v) is 12.2. The van der Waals surface area contributed by atoms with Gasteiger partial charge in [0, 0.05) is 36.0 Å². The monoisotopic (exact) mass is 482 g/mol. The Kier molecular flexibility index (Phi) is 5.00. The number of aromatic amines is 1. The van der Waals surface area contributed by atoms with Gasteiger partial charge < -0.3 is 35.1 Å². The summed E-state index contributed by atoms with van der Waals surface area (Å²) in [6.07, 6.45) is 1.07. The van der Waals surface area contributed by atoms with Crippen LogP contribution in [0.5, 0.6) is 11.5 Å². The number of carbonyl (C=O) groups excluding carboxylic acids is 3. The van der Waals surface area contributed by atoms with E-state index >= 15 is 0 Å². The van der Waals surface area contributed by atoms with Gasteiger partial charge in [0.15, 0.2) is 11.5 Å². The standard InChI is InChI=1S/C25H30N4O6/c1-25(2)15-9-29(24(33)17-6-13-7-18-19(35-11-34-18)8-16(13)28-17)21(20(15)25)23(32)27-14(10-30)5-12-3-4-26-22(12)31/h6-8,12,14-15,20-21,28,30H,3-5,9-11H2,1-2H3,(H,26,31)(H,27,32)/t12-,14-,15-,20-,21-/m0/s1. The molecule has 6 rings (SSSR count). The van der Waals surface area contributed by atoms with Crippen molar-refractivity contribution in [2.75, 3.05) is 26.5 Å². The predicted molar refractivity (Wildman–Crippen MR) is 125 cm³/mol. The number of aliphatic hydroxyl groups excluding tert-OH is 1. The second-order valence-electron chi connectivity index (χ2n) is 10.7. The molecule has 0 bridgehead atoms. The van der Waals surface area contributed by atoms with E-state index in [-0.39, 0.29) is 54.3 Å². The van der Waals surface area contributed by atoms with Crippen LogP contribution in [-0.2, 0) is 9.59 Å². The molecule has 3 fully saturated rings. The van der Waals surface area contributed by atoms with Crippen LogP contribution in [0.25, 0.3) is 10.9 Å². The number of piperidine rings is 1. The topological polar surface area (TPSA) is 133 Å². The number of aromatic nitrogens is 1. The number of ether oxygens (including phenoxy) is 2. The minimum atomic E-state index is -0.628. The van der Waals surface area contributed by atoms with E-state index in [4.69, 9.17) is 9.47 Å². The Morgan fingerprint density at radius 1 is 1.26 bits per heavy atom. The molecule has 3 aliphatic heterocycles. The molecule has 5 atom stereocenters. The number of nitrogens with one attached hydrogen (secondary N) is 3. The van der Waals surface area contributed by atoms with E-state index in [2.05, 4.69) is 29.5 Å². The number of fused-ring (bicyclic) bond motifs is 3. The van der Waals surface area contributed by atoms with Gasteiger partial charge in [-0.15, -0.1) is 0 Å². The molecule has 10 nitrogen and oxygen atoms in total. The summed E-state index contributed by atoms with van der Waals surface area (Å²) in [6, 6.07) is 4.26. The third-order valence-electron chi connectivity index (χ3n) is 8.38. The molecule has 10 heteroatoms. The van der Waals surface area contributed by atoms with E-state index in [1.165, 1.54) is 0 Å². The Labute approximate surface area is 202 Å². The molecule has 4 N–H and O–H groups in total. The number of nitrogens with zero attached hydrogens (tertiary/aromatic N) is 1. The van der Waals surface area contributed by atoms with Gasteiger partial charge in [0.1, 0.15) is 11.7 Å². The summed E-state index contributed by atoms with van der Waals surface area (Å²) in [4.78, 5) is 43.9. The van der Waals surface area contributed by atoms with Crippen LogP contribution in [-0.4, -0.2) is 71.3 Å². The highest BCUT2D eigenvalue weighted by atomic mass is 16.7. The summed E-state index contributed by atoms with van der Waals surface area (Å²) in [5.74, 6) is 0.793. The fraction of sp³-hybridized carbons (Fsp3) is 0.560. The predicted octanol–water partition coefficient (Wildman–Crippen LogP) is 0.997. The Bertz CT molecular complexity index is 1180. The fourth-order valence-corrected chi connectivity index (χ4v) is 6.27. The Morgan fingerprint density at radius 3 is 2.74 bits per heavy atom. The van der Waals surface area contributed by atoms with Gasteiger partial charge in [0.2, 0.25) is 18.6 Å². The van der Waals surface area contributed by atoms with Gasteiger partial charge in [0.05, 0.1) is 12.6 Å². The lowest BCUT2D eigenvalue weighted by molar-refractivity contribution is -0.128. The average Bonchev–Trinajstić information content (AvgIpc) is 3.46. The number of carbonyl (C=O) groups is 3. The molecule has 4 heterocycles. The second-order valence-corrected chi connectivity index (χ2v) is 10.7. The van der Waals surface area contributed by atoms with E-state index in [9.17, 15) is 19.5 Å². The smallest absolute Gasteiger partial charge is 0.271 e. The van der Waals surface area contributed by atoms with Crippen LogP contribution in [0.4, 0.5) is 0 Å². The maximum absolute atomic E-state index is 13.6. The molecule has 35 heavy (non-hydrogen) atoms. The molecule has 1 aliphatic carbocycles. The van der Waals surface area contributed by atoms with E-state index < -0.39 is 12.1 Å². The molecular formula is C25H30N4O6. The summed E-state index contributed by atoms with van der Waals surface area (Å²) < 4.78 is 10.9. The lowest BCUT2D eigenvalue weighted by Gasteiger charge is -2.31. The van der Waals surface area contributed by atoms with Gasteiger partial charge in [-0.25, -0.2) is 0 Å². The van der Waals surface area contributed by atoms with Gasteiger partial charge >= 0.3 is 0 Å². The molecule has 1 aromatic heterocycles. The van der Waals surface area contributed by atoms with Crippen LogP contribution >= 0.6 is 0 Å². The van der Waals surface area contributed by atoms with Gasteiger partial charge in [0.25, 0.3) is 5.91 Å². The van der Waals surface area contributed by atoms with Crippen molar-refractivity contribution in [2.45, 2.75) is 38.8 Å². The molecule has 0 unspecified atom stereocenters. The minimum Gasteiger partial charge on any atom is -0.454 e. The third kappa shape index (κ3) is 3.53. The van der Waals surface area contributed by atoms with Crippen LogP contribution < -0.4 is 20.1 Å². The highest BCUT2D eigenvalue weighted by Gasteiger charge is 2.69. The van der Waals surface area contributed by atoms with Crippen LogP contribution in [0.15, 0.2) is 18.2 Å². The van der Waals surface area contributed by atoms with Crippen LogP contribution in [0, 0.1) is 23.2 Å². The maximum Gasteiger partial charge on any atom is 0.271 e. The molecule has 4 aliphatic rings. The van der Waals surface area contributed by atoms with Crippen molar-refractivity contribution in [1.29, 1.82) is 0 Å². The largest absolute Gasteiger partial charge is 0.454 e. The number of likely N-dealkylation sites (tertiary alicyclic amines) is 1. The maximum atomic E-state index is 13.6. The first kappa shape index (κ1) is 22.2. The summed E-state index contributed by atoms with van der Waals surface area (Å²) in [6.45, 7) is 5.29. The van der Waals surface area contributed by atoms with E-state index in [0.29, 0.717) is 43.1 Å². The van der Waals surface area contributed by atoms with Crippen molar-refractivity contribution in [3.8, 4) is 11.5 Å². The summed E-state index contributed by atoms with van der Waals surface area (Å²) in [5.41, 5.74) is 1.13. The summed E-state index contributed by atoms with van der Waals surface area (Å²) >= 11 is 0. The molecule has 186 valence electrons. The zero-order valence-electron chi connectivity index (χ0n) is 19.8. The molecule has 1 aromatic carbocycles. The first-order valence-electron chi connectivity index (χ1n) is 12.2. The summed E-state index contributed by atoms with van der Waals surface area (Å²) in [7, 11) is 0. The number of hydrogen-bond donors (Lipinski definition) is 4. The lowest BCUT2D eigenvalue weighted by Crippen LogP contribution is -2.53. The molecule has 1 saturated carbocycles. The second kappa shape index (κ2) is 7.87. The van der Waals surface area contributed by atoms with Gasteiger partial charge in [-0.05, 0) is 42.2 Å².